The fraction of sp³-hybridized carbons (Fsp3) is 0. The molecule has 3 aromatic rings. The Morgan fingerprint density at radius 1 is 1.19 bits per heavy atom. The molecular formula is C15H8N4OS. The van der Waals surface area contributed by atoms with Crippen molar-refractivity contribution in [3.8, 4) is 12.1 Å². The molecule has 2 heterocycles. The van der Waals surface area contributed by atoms with Crippen LogP contribution in [0.2, 0.25) is 0 Å². The Labute approximate surface area is 124 Å². The molecule has 1 aromatic carbocycles. The van der Waals surface area contributed by atoms with Gasteiger partial charge in [0.05, 0.1) is 11.0 Å². The molecule has 0 unspecified atom stereocenters. The van der Waals surface area contributed by atoms with Crippen LogP contribution in [-0.4, -0.2) is 9.97 Å². The van der Waals surface area contributed by atoms with Gasteiger partial charge < -0.3 is 9.40 Å². The van der Waals surface area contributed by atoms with Crippen LogP contribution in [0.4, 0.5) is 0 Å². The number of imidazole rings is 1. The molecule has 0 amide bonds. The van der Waals surface area contributed by atoms with Crippen molar-refractivity contribution in [1.82, 2.24) is 9.97 Å². The Morgan fingerprint density at radius 2 is 2.00 bits per heavy atom. The van der Waals surface area contributed by atoms with E-state index >= 15 is 0 Å². The van der Waals surface area contributed by atoms with Crippen LogP contribution < -0.4 is 0 Å². The maximum atomic E-state index is 8.71. The van der Waals surface area contributed by atoms with Crippen molar-refractivity contribution in [3.05, 3.63) is 47.7 Å². The Bertz CT molecular complexity index is 859. The third kappa shape index (κ3) is 2.81. The molecule has 0 radical (unpaired) electrons. The monoisotopic (exact) mass is 292 g/mol. The van der Waals surface area contributed by atoms with Crippen LogP contribution in [0.1, 0.15) is 5.76 Å². The van der Waals surface area contributed by atoms with Crippen molar-refractivity contribution >= 4 is 28.9 Å². The van der Waals surface area contributed by atoms with Crippen molar-refractivity contribution in [1.29, 1.82) is 10.5 Å². The third-order valence-corrected chi connectivity index (χ3v) is 3.50. The molecule has 0 saturated carbocycles. The summed E-state index contributed by atoms with van der Waals surface area (Å²) >= 11 is 1.35. The van der Waals surface area contributed by atoms with E-state index in [0.29, 0.717) is 10.9 Å². The van der Waals surface area contributed by atoms with Gasteiger partial charge in [0.25, 0.3) is 0 Å². The van der Waals surface area contributed by atoms with Crippen LogP contribution in [0, 0.1) is 22.7 Å². The Morgan fingerprint density at radius 3 is 2.76 bits per heavy atom. The van der Waals surface area contributed by atoms with Gasteiger partial charge in [-0.2, -0.15) is 10.5 Å². The highest BCUT2D eigenvalue weighted by molar-refractivity contribution is 7.99. The summed E-state index contributed by atoms with van der Waals surface area (Å²) in [5, 5.41) is 18.8. The lowest BCUT2D eigenvalue weighted by Crippen LogP contribution is -1.73. The quantitative estimate of drug-likeness (QED) is 0.743. The standard InChI is InChI=1S/C15H8N4OS/c16-8-10(9-17)7-11-5-6-14(20-11)21-15-18-12-3-1-2-4-13(12)19-15/h1-7H,(H,18,19). The van der Waals surface area contributed by atoms with Gasteiger partial charge in [-0.3, -0.25) is 0 Å². The van der Waals surface area contributed by atoms with Crippen molar-refractivity contribution < 1.29 is 4.42 Å². The zero-order chi connectivity index (χ0) is 14.7. The maximum absolute atomic E-state index is 8.71. The van der Waals surface area contributed by atoms with Gasteiger partial charge in [0, 0.05) is 6.08 Å². The average molecular weight is 292 g/mol. The highest BCUT2D eigenvalue weighted by Gasteiger charge is 2.08. The van der Waals surface area contributed by atoms with Gasteiger partial charge in [-0.25, -0.2) is 4.98 Å². The van der Waals surface area contributed by atoms with Crippen LogP contribution in [0.15, 0.2) is 56.6 Å². The van der Waals surface area contributed by atoms with E-state index in [9.17, 15) is 0 Å². The normalized spacial score (nSPS) is 10.0. The van der Waals surface area contributed by atoms with E-state index in [1.807, 2.05) is 24.3 Å². The second-order valence-corrected chi connectivity index (χ2v) is 5.09. The SMILES string of the molecule is N#CC(C#N)=Cc1ccc(Sc2nc3ccccc3[nH]2)o1. The minimum absolute atomic E-state index is 0.00429. The van der Waals surface area contributed by atoms with Crippen molar-refractivity contribution in [2.45, 2.75) is 10.2 Å². The van der Waals surface area contributed by atoms with E-state index in [-0.39, 0.29) is 5.57 Å². The van der Waals surface area contributed by atoms with E-state index in [0.717, 1.165) is 16.2 Å². The molecule has 0 aliphatic rings. The molecule has 2 aromatic heterocycles. The molecule has 0 spiro atoms. The molecule has 6 heteroatoms. The Kier molecular flexibility index (Phi) is 3.46. The molecular weight excluding hydrogens is 284 g/mol. The summed E-state index contributed by atoms with van der Waals surface area (Å²) in [6, 6.07) is 14.8. The first-order valence-electron chi connectivity index (χ1n) is 6.03. The lowest BCUT2D eigenvalue weighted by molar-refractivity contribution is 0.466. The smallest absolute Gasteiger partial charge is 0.174 e. The largest absolute Gasteiger partial charge is 0.450 e. The fourth-order valence-electron chi connectivity index (χ4n) is 1.77. The van der Waals surface area contributed by atoms with Crippen LogP contribution >= 0.6 is 11.8 Å². The van der Waals surface area contributed by atoms with Crippen molar-refractivity contribution in [2.24, 2.45) is 0 Å². The number of rotatable bonds is 3. The van der Waals surface area contributed by atoms with E-state index in [1.54, 1.807) is 24.3 Å². The molecule has 0 aliphatic heterocycles. The summed E-state index contributed by atoms with van der Waals surface area (Å²) in [5.74, 6) is 0.465. The molecule has 21 heavy (non-hydrogen) atoms. The zero-order valence-electron chi connectivity index (χ0n) is 10.7. The Balaban J connectivity index is 1.83. The molecule has 100 valence electrons. The predicted octanol–water partition coefficient (Wildman–Crippen LogP) is 3.74. The van der Waals surface area contributed by atoms with Gasteiger partial charge in [0.1, 0.15) is 23.5 Å². The van der Waals surface area contributed by atoms with Crippen LogP contribution in [-0.2, 0) is 0 Å². The number of nitriles is 2. The molecule has 1 N–H and O–H groups in total. The van der Waals surface area contributed by atoms with Gasteiger partial charge in [-0.15, -0.1) is 0 Å². The average Bonchev–Trinajstić information content (AvgIpc) is 3.11. The number of hydrogen-bond donors (Lipinski definition) is 1. The van der Waals surface area contributed by atoms with Crippen molar-refractivity contribution in [2.75, 3.05) is 0 Å². The summed E-state index contributed by atoms with van der Waals surface area (Å²) in [6.45, 7) is 0. The number of allylic oxidation sites excluding steroid dienone is 1. The molecule has 0 saturated heterocycles. The first-order chi connectivity index (χ1) is 10.3. The molecule has 0 bridgehead atoms. The van der Waals surface area contributed by atoms with Crippen LogP contribution in [0.5, 0.6) is 0 Å². The number of nitrogens with one attached hydrogen (secondary N) is 1. The number of furan rings is 1. The lowest BCUT2D eigenvalue weighted by Gasteiger charge is -1.91. The van der Waals surface area contributed by atoms with Gasteiger partial charge in [-0.05, 0) is 36.0 Å². The minimum atomic E-state index is 0.00429. The summed E-state index contributed by atoms with van der Waals surface area (Å²) in [5.41, 5.74) is 1.86. The van der Waals surface area contributed by atoms with E-state index in [4.69, 9.17) is 14.9 Å². The summed E-state index contributed by atoms with van der Waals surface area (Å²) in [4.78, 5) is 7.63. The number of fused-ring (bicyclic) bond motifs is 1. The Hall–Kier alpha value is -2.96. The molecule has 5 nitrogen and oxygen atoms in total. The number of H-pyrrole nitrogens is 1. The summed E-state index contributed by atoms with van der Waals surface area (Å²) < 4.78 is 5.54. The van der Waals surface area contributed by atoms with E-state index in [2.05, 4.69) is 9.97 Å². The second-order valence-electron chi connectivity index (χ2n) is 4.10. The molecule has 3 rings (SSSR count). The van der Waals surface area contributed by atoms with E-state index in [1.165, 1.54) is 17.8 Å². The number of aromatic nitrogens is 2. The second kappa shape index (κ2) is 5.58. The predicted molar refractivity (Wildman–Crippen MR) is 78.1 cm³/mol. The maximum Gasteiger partial charge on any atom is 0.174 e. The third-order valence-electron chi connectivity index (χ3n) is 2.69. The molecule has 0 atom stereocenters. The topological polar surface area (TPSA) is 89.4 Å². The number of aromatic amines is 1. The molecule has 0 fully saturated rings. The van der Waals surface area contributed by atoms with E-state index < -0.39 is 0 Å². The van der Waals surface area contributed by atoms with Gasteiger partial charge in [0.2, 0.25) is 0 Å². The lowest BCUT2D eigenvalue weighted by atomic mass is 10.3. The number of nitrogens with zero attached hydrogens (tertiary/aromatic N) is 3. The van der Waals surface area contributed by atoms with Crippen molar-refractivity contribution in [3.63, 3.8) is 0 Å². The number of hydrogen-bond acceptors (Lipinski definition) is 5. The van der Waals surface area contributed by atoms with Crippen LogP contribution in [0.25, 0.3) is 17.1 Å². The number of benzene rings is 1. The van der Waals surface area contributed by atoms with Crippen LogP contribution in [0.3, 0.4) is 0 Å². The minimum Gasteiger partial charge on any atom is -0.450 e. The summed E-state index contributed by atoms with van der Waals surface area (Å²) in [6.07, 6.45) is 1.41. The highest BCUT2D eigenvalue weighted by atomic mass is 32.2. The van der Waals surface area contributed by atoms with Gasteiger partial charge >= 0.3 is 0 Å². The summed E-state index contributed by atoms with van der Waals surface area (Å²) in [7, 11) is 0. The first-order valence-corrected chi connectivity index (χ1v) is 6.84. The highest BCUT2D eigenvalue weighted by Crippen LogP contribution is 2.29. The molecule has 0 aliphatic carbocycles. The first kappa shape index (κ1) is 13.0. The number of para-hydroxylation sites is 2. The van der Waals surface area contributed by atoms with Gasteiger partial charge in [-0.1, -0.05) is 12.1 Å². The van der Waals surface area contributed by atoms with Gasteiger partial charge in [0.15, 0.2) is 10.2 Å². The zero-order valence-corrected chi connectivity index (χ0v) is 11.5. The fourth-order valence-corrected chi connectivity index (χ4v) is 2.54.